The highest BCUT2D eigenvalue weighted by Crippen LogP contribution is 2.29. The van der Waals surface area contributed by atoms with E-state index in [0.29, 0.717) is 30.6 Å². The summed E-state index contributed by atoms with van der Waals surface area (Å²) in [7, 11) is 0. The molecule has 3 nitrogen and oxygen atoms in total. The van der Waals surface area contributed by atoms with E-state index < -0.39 is 0 Å². The van der Waals surface area contributed by atoms with E-state index in [9.17, 15) is 9.59 Å². The maximum atomic E-state index is 11.6. The molecule has 0 heterocycles. The monoisotopic (exact) mass is 308 g/mol. The minimum atomic E-state index is -0.103. The molecule has 4 heteroatoms. The van der Waals surface area contributed by atoms with Gasteiger partial charge in [0.2, 0.25) is 0 Å². The van der Waals surface area contributed by atoms with Crippen LogP contribution in [0.2, 0.25) is 0 Å². The Labute approximate surface area is 97.6 Å². The van der Waals surface area contributed by atoms with Gasteiger partial charge in [-0.1, -0.05) is 13.8 Å². The van der Waals surface area contributed by atoms with Crippen LogP contribution in [0.15, 0.2) is 11.3 Å². The molecule has 1 aliphatic carbocycles. The smallest absolute Gasteiger partial charge is 0.192 e. The molecular weight excluding hydrogens is 295 g/mol. The molecule has 78 valence electrons. The Morgan fingerprint density at radius 2 is 2.21 bits per heavy atom. The van der Waals surface area contributed by atoms with Gasteiger partial charge in [-0.15, -0.1) is 0 Å². The highest BCUT2D eigenvalue weighted by Gasteiger charge is 2.29. The zero-order valence-electron chi connectivity index (χ0n) is 8.30. The van der Waals surface area contributed by atoms with Crippen molar-refractivity contribution < 1.29 is 12.7 Å². The average molecular weight is 308 g/mol. The minimum absolute atomic E-state index is 0.0673. The number of hydrogen-bond acceptors (Lipinski definition) is 3. The summed E-state index contributed by atoms with van der Waals surface area (Å²) in [5, 5.41) is 0. The molecule has 0 radical (unpaired) electrons. The fourth-order valence-corrected chi connectivity index (χ4v) is 2.02. The molecule has 0 fully saturated rings. The van der Waals surface area contributed by atoms with E-state index in [1.165, 1.54) is 0 Å². The third-order valence-electron chi connectivity index (χ3n) is 2.32. The van der Waals surface area contributed by atoms with Gasteiger partial charge >= 0.3 is 0 Å². The lowest BCUT2D eigenvalue weighted by Crippen LogP contribution is -2.23. The third-order valence-corrected chi connectivity index (χ3v) is 2.85. The van der Waals surface area contributed by atoms with Gasteiger partial charge in [0.1, 0.15) is 5.76 Å². The summed E-state index contributed by atoms with van der Waals surface area (Å²) in [6, 6.07) is 0. The molecule has 0 N–H and O–H groups in total. The van der Waals surface area contributed by atoms with Gasteiger partial charge in [0, 0.05) is 19.3 Å². The van der Waals surface area contributed by atoms with Crippen molar-refractivity contribution in [3.63, 3.8) is 0 Å². The van der Waals surface area contributed by atoms with E-state index in [4.69, 9.17) is 3.07 Å². The predicted octanol–water partition coefficient (Wildman–Crippen LogP) is 2.59. The summed E-state index contributed by atoms with van der Waals surface area (Å²) in [5.74, 6) is 0.665. The molecule has 1 rings (SSSR count). The van der Waals surface area contributed by atoms with Crippen LogP contribution >= 0.6 is 23.0 Å². The van der Waals surface area contributed by atoms with Gasteiger partial charge < -0.3 is 3.07 Å². The highest BCUT2D eigenvalue weighted by molar-refractivity contribution is 14.1. The topological polar surface area (TPSA) is 43.4 Å². The normalized spacial score (nSPS) is 22.5. The molecule has 0 amide bonds. The zero-order chi connectivity index (χ0) is 10.7. The molecule has 14 heavy (non-hydrogen) atoms. The Hall–Kier alpha value is -0.390. The first-order chi connectivity index (χ1) is 6.60. The lowest BCUT2D eigenvalue weighted by Gasteiger charge is -2.20. The van der Waals surface area contributed by atoms with Crippen LogP contribution in [-0.2, 0) is 12.7 Å². The number of ketones is 2. The lowest BCUT2D eigenvalue weighted by atomic mass is 9.86. The summed E-state index contributed by atoms with van der Waals surface area (Å²) >= 11 is 1.73. The molecule has 0 aliphatic heterocycles. The Kier molecular flexibility index (Phi) is 4.10. The zero-order valence-corrected chi connectivity index (χ0v) is 10.5. The van der Waals surface area contributed by atoms with Crippen LogP contribution < -0.4 is 0 Å². The predicted molar refractivity (Wildman–Crippen MR) is 60.8 cm³/mol. The van der Waals surface area contributed by atoms with E-state index >= 15 is 0 Å². The fourth-order valence-electron chi connectivity index (χ4n) is 1.62. The van der Waals surface area contributed by atoms with Crippen LogP contribution in [0.4, 0.5) is 0 Å². The number of halogens is 1. The molecule has 0 saturated carbocycles. The van der Waals surface area contributed by atoms with Crippen molar-refractivity contribution in [2.75, 3.05) is 0 Å². The van der Waals surface area contributed by atoms with Crippen LogP contribution in [0.25, 0.3) is 0 Å². The number of allylic oxidation sites excluding steroid dienone is 2. The van der Waals surface area contributed by atoms with Gasteiger partial charge in [-0.25, -0.2) is 0 Å². The van der Waals surface area contributed by atoms with Crippen LogP contribution in [0, 0.1) is 5.92 Å². The van der Waals surface area contributed by atoms with Crippen molar-refractivity contribution in [2.45, 2.75) is 33.1 Å². The van der Waals surface area contributed by atoms with Crippen molar-refractivity contribution in [3.05, 3.63) is 11.3 Å². The molecular formula is C10H13IO3. The van der Waals surface area contributed by atoms with Gasteiger partial charge in [-0.2, -0.15) is 0 Å². The number of rotatable bonds is 3. The van der Waals surface area contributed by atoms with E-state index in [-0.39, 0.29) is 17.5 Å². The number of carbonyl (C=O) groups is 2. The van der Waals surface area contributed by atoms with Gasteiger partial charge in [0.15, 0.2) is 34.6 Å². The molecule has 1 unspecified atom stereocenters. The quantitative estimate of drug-likeness (QED) is 0.594. The van der Waals surface area contributed by atoms with E-state index in [2.05, 4.69) is 0 Å². The van der Waals surface area contributed by atoms with Gasteiger partial charge in [0.25, 0.3) is 0 Å². The van der Waals surface area contributed by atoms with Crippen molar-refractivity contribution in [1.82, 2.24) is 0 Å². The summed E-state index contributed by atoms with van der Waals surface area (Å²) in [6.07, 6.45) is 1.51. The SMILES string of the molecule is CCC(=O)C1=C(OI)CC(C)CC1=O. The van der Waals surface area contributed by atoms with Gasteiger partial charge in [0.05, 0.1) is 5.57 Å². The van der Waals surface area contributed by atoms with Crippen molar-refractivity contribution in [1.29, 1.82) is 0 Å². The second kappa shape index (κ2) is 4.91. The van der Waals surface area contributed by atoms with E-state index in [1.807, 2.05) is 6.92 Å². The first-order valence-electron chi connectivity index (χ1n) is 4.68. The lowest BCUT2D eigenvalue weighted by molar-refractivity contribution is -0.122. The molecule has 1 aliphatic rings. The van der Waals surface area contributed by atoms with Crippen molar-refractivity contribution in [2.24, 2.45) is 5.92 Å². The number of carbonyl (C=O) groups excluding carboxylic acids is 2. The van der Waals surface area contributed by atoms with Crippen LogP contribution in [-0.4, -0.2) is 11.6 Å². The van der Waals surface area contributed by atoms with Gasteiger partial charge in [-0.3, -0.25) is 9.59 Å². The molecule has 0 aromatic heterocycles. The average Bonchev–Trinajstić information content (AvgIpc) is 2.15. The van der Waals surface area contributed by atoms with Crippen LogP contribution in [0.5, 0.6) is 0 Å². The molecule has 0 aromatic rings. The maximum absolute atomic E-state index is 11.6. The van der Waals surface area contributed by atoms with Crippen LogP contribution in [0.1, 0.15) is 33.1 Å². The second-order valence-electron chi connectivity index (χ2n) is 3.59. The van der Waals surface area contributed by atoms with Crippen LogP contribution in [0.3, 0.4) is 0 Å². The highest BCUT2D eigenvalue weighted by atomic mass is 127. The summed E-state index contributed by atoms with van der Waals surface area (Å²) in [6.45, 7) is 3.74. The Bertz CT molecular complexity index is 294. The van der Waals surface area contributed by atoms with E-state index in [1.54, 1.807) is 29.9 Å². The summed E-state index contributed by atoms with van der Waals surface area (Å²) in [4.78, 5) is 23.1. The molecule has 0 spiro atoms. The number of Topliss-reactive ketones (excluding diaryl/α,β-unsaturated/α-hetero) is 2. The summed E-state index contributed by atoms with van der Waals surface area (Å²) < 4.78 is 5.08. The minimum Gasteiger partial charge on any atom is -0.431 e. The Balaban J connectivity index is 3.04. The first-order valence-corrected chi connectivity index (χ1v) is 5.56. The van der Waals surface area contributed by atoms with Crippen molar-refractivity contribution in [3.8, 4) is 0 Å². The van der Waals surface area contributed by atoms with Gasteiger partial charge in [-0.05, 0) is 5.92 Å². The standard InChI is InChI=1S/C10H13IO3/c1-3-7(12)10-8(13)4-6(2)5-9(10)14-11/h6H,3-5H2,1-2H3. The Morgan fingerprint density at radius 1 is 1.57 bits per heavy atom. The molecule has 0 aromatic carbocycles. The molecule has 1 atom stereocenters. The second-order valence-corrected chi connectivity index (χ2v) is 4.03. The van der Waals surface area contributed by atoms with E-state index in [0.717, 1.165) is 0 Å². The summed E-state index contributed by atoms with van der Waals surface area (Å²) in [5.41, 5.74) is 0.292. The maximum Gasteiger partial charge on any atom is 0.192 e. The first kappa shape index (κ1) is 11.7. The van der Waals surface area contributed by atoms with Crippen molar-refractivity contribution >= 4 is 34.6 Å². The molecule has 0 bridgehead atoms. The fraction of sp³-hybridized carbons (Fsp3) is 0.600. The number of hydrogen-bond donors (Lipinski definition) is 0. The Morgan fingerprint density at radius 3 is 2.71 bits per heavy atom. The largest absolute Gasteiger partial charge is 0.431 e. The third kappa shape index (κ3) is 2.34. The molecule has 0 saturated heterocycles.